The molecular weight excluding hydrogens is 324 g/mol. The molecule has 0 bridgehead atoms. The van der Waals surface area contributed by atoms with Crippen molar-refractivity contribution in [2.45, 2.75) is 25.8 Å². The lowest BCUT2D eigenvalue weighted by Crippen LogP contribution is -2.37. The first-order valence-corrected chi connectivity index (χ1v) is 9.30. The molecule has 138 valence electrons. The standard InChI is InChI=1S/C22H28N2O2/c1-16(24(2)22(25)15-23-14-17-8-9-17)18-10-12-19(13-11-18)20-6-4-5-7-21(20)26-3/h4-7,10-13,16-17,23H,8-9,14-15H2,1-3H3. The fourth-order valence-corrected chi connectivity index (χ4v) is 3.09. The third-order valence-corrected chi connectivity index (χ3v) is 5.19. The third kappa shape index (κ3) is 4.44. The number of nitrogens with zero attached hydrogens (tertiary/aromatic N) is 1. The van der Waals surface area contributed by atoms with Gasteiger partial charge in [-0.1, -0.05) is 42.5 Å². The molecule has 26 heavy (non-hydrogen) atoms. The molecule has 3 rings (SSSR count). The van der Waals surface area contributed by atoms with Gasteiger partial charge in [-0.3, -0.25) is 4.79 Å². The largest absolute Gasteiger partial charge is 0.496 e. The van der Waals surface area contributed by atoms with Gasteiger partial charge in [-0.25, -0.2) is 0 Å². The van der Waals surface area contributed by atoms with E-state index in [2.05, 4.69) is 42.6 Å². The summed E-state index contributed by atoms with van der Waals surface area (Å²) in [4.78, 5) is 14.2. The highest BCUT2D eigenvalue weighted by Gasteiger charge is 2.22. The number of methoxy groups -OCH3 is 1. The summed E-state index contributed by atoms with van der Waals surface area (Å²) in [5.41, 5.74) is 3.31. The molecule has 2 aromatic carbocycles. The Balaban J connectivity index is 1.63. The van der Waals surface area contributed by atoms with E-state index in [1.807, 2.05) is 30.1 Å². The Morgan fingerprint density at radius 3 is 2.54 bits per heavy atom. The topological polar surface area (TPSA) is 41.6 Å². The molecule has 1 N–H and O–H groups in total. The van der Waals surface area contributed by atoms with E-state index in [1.54, 1.807) is 7.11 Å². The first kappa shape index (κ1) is 18.5. The molecule has 0 heterocycles. The zero-order valence-corrected chi connectivity index (χ0v) is 15.9. The van der Waals surface area contributed by atoms with Gasteiger partial charge in [0.25, 0.3) is 0 Å². The van der Waals surface area contributed by atoms with Crippen molar-refractivity contribution in [3.8, 4) is 16.9 Å². The quantitative estimate of drug-likeness (QED) is 0.784. The average molecular weight is 352 g/mol. The summed E-state index contributed by atoms with van der Waals surface area (Å²) in [7, 11) is 3.56. The zero-order valence-electron chi connectivity index (χ0n) is 15.9. The molecule has 0 aliphatic heterocycles. The number of hydrogen-bond donors (Lipinski definition) is 1. The number of carbonyl (C=O) groups excluding carboxylic acids is 1. The molecule has 0 aromatic heterocycles. The van der Waals surface area contributed by atoms with Crippen molar-refractivity contribution in [2.75, 3.05) is 27.2 Å². The van der Waals surface area contributed by atoms with E-state index in [0.717, 1.165) is 34.9 Å². The number of ether oxygens (including phenoxy) is 1. The van der Waals surface area contributed by atoms with Crippen LogP contribution in [0.1, 0.15) is 31.4 Å². The minimum atomic E-state index is 0.0388. The second kappa shape index (κ2) is 8.37. The van der Waals surface area contributed by atoms with E-state index < -0.39 is 0 Å². The number of likely N-dealkylation sites (N-methyl/N-ethyl adjacent to an activating group) is 1. The molecule has 1 atom stereocenters. The molecule has 1 aliphatic carbocycles. The van der Waals surface area contributed by atoms with Crippen molar-refractivity contribution >= 4 is 5.91 Å². The van der Waals surface area contributed by atoms with Crippen molar-refractivity contribution in [3.63, 3.8) is 0 Å². The van der Waals surface area contributed by atoms with E-state index in [0.29, 0.717) is 6.54 Å². The Morgan fingerprint density at radius 1 is 1.19 bits per heavy atom. The number of amides is 1. The highest BCUT2D eigenvalue weighted by Crippen LogP contribution is 2.31. The van der Waals surface area contributed by atoms with Crippen LogP contribution in [0.4, 0.5) is 0 Å². The van der Waals surface area contributed by atoms with Gasteiger partial charge in [-0.05, 0) is 49.4 Å². The van der Waals surface area contributed by atoms with Gasteiger partial charge in [0, 0.05) is 12.6 Å². The highest BCUT2D eigenvalue weighted by molar-refractivity contribution is 5.78. The SMILES string of the molecule is COc1ccccc1-c1ccc(C(C)N(C)C(=O)CNCC2CC2)cc1. The lowest BCUT2D eigenvalue weighted by atomic mass is 10.00. The van der Waals surface area contributed by atoms with Gasteiger partial charge in [0.05, 0.1) is 19.7 Å². The molecular formula is C22H28N2O2. The molecule has 4 nitrogen and oxygen atoms in total. The minimum Gasteiger partial charge on any atom is -0.496 e. The van der Waals surface area contributed by atoms with Crippen LogP contribution in [0.15, 0.2) is 48.5 Å². The summed E-state index contributed by atoms with van der Waals surface area (Å²) >= 11 is 0. The Kier molecular flexibility index (Phi) is 5.94. The first-order chi connectivity index (χ1) is 12.6. The Morgan fingerprint density at radius 2 is 1.88 bits per heavy atom. The average Bonchev–Trinajstić information content (AvgIpc) is 3.51. The molecule has 0 radical (unpaired) electrons. The van der Waals surface area contributed by atoms with Crippen molar-refractivity contribution in [2.24, 2.45) is 5.92 Å². The summed E-state index contributed by atoms with van der Waals surface area (Å²) in [5.74, 6) is 1.78. The van der Waals surface area contributed by atoms with Crippen LogP contribution in [0.2, 0.25) is 0 Å². The summed E-state index contributed by atoms with van der Waals surface area (Å²) in [6, 6.07) is 16.4. The van der Waals surface area contributed by atoms with Gasteiger partial charge in [0.15, 0.2) is 0 Å². The van der Waals surface area contributed by atoms with E-state index in [9.17, 15) is 4.79 Å². The van der Waals surface area contributed by atoms with E-state index in [1.165, 1.54) is 12.8 Å². The van der Waals surface area contributed by atoms with Crippen molar-refractivity contribution in [1.29, 1.82) is 0 Å². The molecule has 0 spiro atoms. The first-order valence-electron chi connectivity index (χ1n) is 9.30. The monoisotopic (exact) mass is 352 g/mol. The molecule has 2 aromatic rings. The van der Waals surface area contributed by atoms with Crippen LogP contribution in [0, 0.1) is 5.92 Å². The zero-order chi connectivity index (χ0) is 18.5. The van der Waals surface area contributed by atoms with Gasteiger partial charge < -0.3 is 15.0 Å². The number of para-hydroxylation sites is 1. The van der Waals surface area contributed by atoms with Crippen molar-refractivity contribution < 1.29 is 9.53 Å². The maximum Gasteiger partial charge on any atom is 0.236 e. The summed E-state index contributed by atoms with van der Waals surface area (Å²) < 4.78 is 5.45. The van der Waals surface area contributed by atoms with Gasteiger partial charge in [-0.15, -0.1) is 0 Å². The second-order valence-corrected chi connectivity index (χ2v) is 7.08. The predicted molar refractivity (Wildman–Crippen MR) is 105 cm³/mol. The van der Waals surface area contributed by atoms with Gasteiger partial charge >= 0.3 is 0 Å². The smallest absolute Gasteiger partial charge is 0.236 e. The van der Waals surface area contributed by atoms with Gasteiger partial charge in [0.2, 0.25) is 5.91 Å². The normalized spacial score (nSPS) is 14.7. The van der Waals surface area contributed by atoms with Crippen LogP contribution >= 0.6 is 0 Å². The van der Waals surface area contributed by atoms with Crippen LogP contribution in [0.3, 0.4) is 0 Å². The molecule has 1 fully saturated rings. The fraction of sp³-hybridized carbons (Fsp3) is 0.409. The number of nitrogens with one attached hydrogen (secondary N) is 1. The number of rotatable bonds is 8. The minimum absolute atomic E-state index is 0.0388. The summed E-state index contributed by atoms with van der Waals surface area (Å²) in [5, 5.41) is 3.27. The Labute approximate surface area is 156 Å². The third-order valence-electron chi connectivity index (χ3n) is 5.19. The molecule has 1 saturated carbocycles. The van der Waals surface area contributed by atoms with Gasteiger partial charge in [-0.2, -0.15) is 0 Å². The van der Waals surface area contributed by atoms with Crippen LogP contribution in [0.25, 0.3) is 11.1 Å². The van der Waals surface area contributed by atoms with E-state index in [4.69, 9.17) is 4.74 Å². The maximum atomic E-state index is 12.4. The van der Waals surface area contributed by atoms with Crippen molar-refractivity contribution in [1.82, 2.24) is 10.2 Å². The van der Waals surface area contributed by atoms with Crippen molar-refractivity contribution in [3.05, 3.63) is 54.1 Å². The summed E-state index contributed by atoms with van der Waals surface area (Å²) in [6.07, 6.45) is 2.60. The van der Waals surface area contributed by atoms with Crippen LogP contribution in [-0.2, 0) is 4.79 Å². The predicted octanol–water partition coefficient (Wildman–Crippen LogP) is 3.88. The molecule has 0 saturated heterocycles. The highest BCUT2D eigenvalue weighted by atomic mass is 16.5. The second-order valence-electron chi connectivity index (χ2n) is 7.08. The van der Waals surface area contributed by atoms with E-state index in [-0.39, 0.29) is 11.9 Å². The van der Waals surface area contributed by atoms with Crippen LogP contribution in [0.5, 0.6) is 5.75 Å². The molecule has 1 aliphatic rings. The number of carbonyl (C=O) groups is 1. The Hall–Kier alpha value is -2.33. The van der Waals surface area contributed by atoms with Crippen LogP contribution in [-0.4, -0.2) is 38.1 Å². The van der Waals surface area contributed by atoms with Crippen LogP contribution < -0.4 is 10.1 Å². The summed E-state index contributed by atoms with van der Waals surface area (Å²) in [6.45, 7) is 3.44. The number of benzene rings is 2. The van der Waals surface area contributed by atoms with E-state index >= 15 is 0 Å². The maximum absolute atomic E-state index is 12.4. The molecule has 4 heteroatoms. The lowest BCUT2D eigenvalue weighted by Gasteiger charge is -2.26. The lowest BCUT2D eigenvalue weighted by molar-refractivity contribution is -0.130. The molecule has 1 unspecified atom stereocenters. The fourth-order valence-electron chi connectivity index (χ4n) is 3.09. The molecule has 1 amide bonds. The Bertz CT molecular complexity index is 738. The van der Waals surface area contributed by atoms with Gasteiger partial charge in [0.1, 0.15) is 5.75 Å². The number of hydrogen-bond acceptors (Lipinski definition) is 3.